The molecule has 0 bridgehead atoms. The lowest BCUT2D eigenvalue weighted by molar-refractivity contribution is -0.142. The van der Waals surface area contributed by atoms with Gasteiger partial charge in [-0.25, -0.2) is 4.79 Å². The second-order valence-corrected chi connectivity index (χ2v) is 7.39. The number of rotatable bonds is 12. The van der Waals surface area contributed by atoms with Gasteiger partial charge in [0, 0.05) is 12.8 Å². The van der Waals surface area contributed by atoms with Crippen LogP contribution in [0.3, 0.4) is 0 Å². The molecule has 0 saturated heterocycles. The molecule has 0 aliphatic carbocycles. The molecule has 1 aromatic carbocycles. The van der Waals surface area contributed by atoms with E-state index in [-0.39, 0.29) is 31.6 Å². The average molecular weight is 406 g/mol. The summed E-state index contributed by atoms with van der Waals surface area (Å²) in [6, 6.07) is 5.90. The highest BCUT2D eigenvalue weighted by Crippen LogP contribution is 2.08. The molecule has 1 rings (SSSR count). The van der Waals surface area contributed by atoms with E-state index in [1.807, 2.05) is 19.9 Å². The van der Waals surface area contributed by atoms with Gasteiger partial charge in [-0.05, 0) is 24.3 Å². The van der Waals surface area contributed by atoms with Gasteiger partial charge in [-0.3, -0.25) is 14.4 Å². The summed E-state index contributed by atoms with van der Waals surface area (Å²) in [5.41, 5.74) is 11.6. The number of carboxylic acid groups (broad SMARTS) is 1. The number of carbonyl (C=O) groups is 4. The standard InChI is InChI=1S/C20H30N4O5/c1-12(2)10-16(20(28)29)24-19(27)15(11-13-6-4-3-5-7-13)23-18(26)14(21)8-9-17(22)25/h3-7,12,14-16H,8-11,21H2,1-2H3,(H2,22,25)(H,23,26)(H,24,27)(H,28,29)/t14-,15-,16-/m0/s1. The number of carbonyl (C=O) groups excluding carboxylic acids is 3. The number of carboxylic acids is 1. The van der Waals surface area contributed by atoms with Crippen molar-refractivity contribution in [1.82, 2.24) is 10.6 Å². The number of benzene rings is 1. The summed E-state index contributed by atoms with van der Waals surface area (Å²) in [4.78, 5) is 47.5. The number of primary amides is 1. The van der Waals surface area contributed by atoms with Crippen molar-refractivity contribution in [2.45, 2.75) is 57.7 Å². The molecule has 0 aliphatic heterocycles. The molecule has 0 saturated carbocycles. The first kappa shape index (κ1) is 24.1. The van der Waals surface area contributed by atoms with Crippen LogP contribution in [0.2, 0.25) is 0 Å². The third-order valence-corrected chi connectivity index (χ3v) is 4.28. The summed E-state index contributed by atoms with van der Waals surface area (Å²) >= 11 is 0. The Morgan fingerprint density at radius 1 is 1.00 bits per heavy atom. The molecule has 160 valence electrons. The lowest BCUT2D eigenvalue weighted by Crippen LogP contribution is -2.55. The Morgan fingerprint density at radius 3 is 2.10 bits per heavy atom. The zero-order valence-corrected chi connectivity index (χ0v) is 16.8. The highest BCUT2D eigenvalue weighted by atomic mass is 16.4. The number of hydrogen-bond donors (Lipinski definition) is 5. The van der Waals surface area contributed by atoms with Crippen molar-refractivity contribution in [1.29, 1.82) is 0 Å². The summed E-state index contributed by atoms with van der Waals surface area (Å²) in [5.74, 6) is -2.89. The Bertz CT molecular complexity index is 708. The minimum absolute atomic E-state index is 0.0476. The summed E-state index contributed by atoms with van der Waals surface area (Å²) in [5, 5.41) is 14.4. The molecule has 0 heterocycles. The van der Waals surface area contributed by atoms with Gasteiger partial charge in [-0.1, -0.05) is 44.2 Å². The van der Waals surface area contributed by atoms with E-state index in [4.69, 9.17) is 11.5 Å². The van der Waals surface area contributed by atoms with Gasteiger partial charge in [0.1, 0.15) is 12.1 Å². The molecule has 0 aliphatic rings. The van der Waals surface area contributed by atoms with Crippen LogP contribution in [0.15, 0.2) is 30.3 Å². The van der Waals surface area contributed by atoms with Crippen molar-refractivity contribution >= 4 is 23.7 Å². The summed E-state index contributed by atoms with van der Waals surface area (Å²) in [7, 11) is 0. The first-order valence-corrected chi connectivity index (χ1v) is 9.51. The minimum Gasteiger partial charge on any atom is -0.480 e. The van der Waals surface area contributed by atoms with Gasteiger partial charge in [-0.2, -0.15) is 0 Å². The maximum absolute atomic E-state index is 12.8. The highest BCUT2D eigenvalue weighted by Gasteiger charge is 2.28. The van der Waals surface area contributed by atoms with Crippen molar-refractivity contribution in [3.05, 3.63) is 35.9 Å². The molecule has 29 heavy (non-hydrogen) atoms. The molecule has 0 unspecified atom stereocenters. The molecule has 0 radical (unpaired) electrons. The van der Waals surface area contributed by atoms with Crippen LogP contribution in [0, 0.1) is 5.92 Å². The van der Waals surface area contributed by atoms with E-state index >= 15 is 0 Å². The van der Waals surface area contributed by atoms with E-state index in [0.717, 1.165) is 5.56 Å². The van der Waals surface area contributed by atoms with Crippen LogP contribution in [0.1, 0.15) is 38.7 Å². The van der Waals surface area contributed by atoms with Crippen molar-refractivity contribution < 1.29 is 24.3 Å². The predicted molar refractivity (Wildman–Crippen MR) is 108 cm³/mol. The van der Waals surface area contributed by atoms with Crippen LogP contribution in [-0.4, -0.2) is 46.9 Å². The zero-order chi connectivity index (χ0) is 22.0. The maximum Gasteiger partial charge on any atom is 0.326 e. The lowest BCUT2D eigenvalue weighted by Gasteiger charge is -2.23. The maximum atomic E-state index is 12.8. The van der Waals surface area contributed by atoms with Gasteiger partial charge in [0.05, 0.1) is 6.04 Å². The Labute approximate surface area is 170 Å². The van der Waals surface area contributed by atoms with Crippen LogP contribution in [0.25, 0.3) is 0 Å². The molecule has 0 fully saturated rings. The monoisotopic (exact) mass is 406 g/mol. The minimum atomic E-state index is -1.14. The average Bonchev–Trinajstić information content (AvgIpc) is 2.65. The molecule has 9 nitrogen and oxygen atoms in total. The van der Waals surface area contributed by atoms with Crippen LogP contribution < -0.4 is 22.1 Å². The molecule has 3 amide bonds. The normalized spacial score (nSPS) is 13.9. The lowest BCUT2D eigenvalue weighted by atomic mass is 10.0. The van der Waals surface area contributed by atoms with Gasteiger partial charge >= 0.3 is 5.97 Å². The smallest absolute Gasteiger partial charge is 0.326 e. The molecule has 3 atom stereocenters. The third-order valence-electron chi connectivity index (χ3n) is 4.28. The quantitative estimate of drug-likeness (QED) is 0.326. The first-order chi connectivity index (χ1) is 13.6. The SMILES string of the molecule is CC(C)C[C@H](NC(=O)[C@H](Cc1ccccc1)NC(=O)[C@@H](N)CCC(N)=O)C(=O)O. The Balaban J connectivity index is 2.91. The van der Waals surface area contributed by atoms with Crippen LogP contribution in [-0.2, 0) is 25.6 Å². The van der Waals surface area contributed by atoms with E-state index in [9.17, 15) is 24.3 Å². The fraction of sp³-hybridized carbons (Fsp3) is 0.500. The summed E-state index contributed by atoms with van der Waals surface area (Å²) in [6.07, 6.45) is 0.408. The summed E-state index contributed by atoms with van der Waals surface area (Å²) < 4.78 is 0. The van der Waals surface area contributed by atoms with E-state index in [1.54, 1.807) is 24.3 Å². The Morgan fingerprint density at radius 2 is 1.59 bits per heavy atom. The van der Waals surface area contributed by atoms with Gasteiger partial charge < -0.3 is 27.2 Å². The fourth-order valence-electron chi connectivity index (χ4n) is 2.73. The van der Waals surface area contributed by atoms with Crippen molar-refractivity contribution in [2.24, 2.45) is 17.4 Å². The largest absolute Gasteiger partial charge is 0.480 e. The van der Waals surface area contributed by atoms with Crippen LogP contribution >= 0.6 is 0 Å². The van der Waals surface area contributed by atoms with Gasteiger partial charge in [0.25, 0.3) is 0 Å². The van der Waals surface area contributed by atoms with E-state index < -0.39 is 41.8 Å². The van der Waals surface area contributed by atoms with Crippen LogP contribution in [0.5, 0.6) is 0 Å². The van der Waals surface area contributed by atoms with Crippen molar-refractivity contribution in [2.75, 3.05) is 0 Å². The topological polar surface area (TPSA) is 165 Å². The van der Waals surface area contributed by atoms with E-state index in [2.05, 4.69) is 10.6 Å². The molecule has 0 spiro atoms. The third kappa shape index (κ3) is 9.20. The summed E-state index contributed by atoms with van der Waals surface area (Å²) in [6.45, 7) is 3.70. The number of nitrogens with two attached hydrogens (primary N) is 2. The van der Waals surface area contributed by atoms with E-state index in [1.165, 1.54) is 0 Å². The molecular formula is C20H30N4O5. The van der Waals surface area contributed by atoms with Crippen molar-refractivity contribution in [3.8, 4) is 0 Å². The van der Waals surface area contributed by atoms with Crippen LogP contribution in [0.4, 0.5) is 0 Å². The van der Waals surface area contributed by atoms with Gasteiger partial charge in [-0.15, -0.1) is 0 Å². The Kier molecular flexibility index (Phi) is 9.81. The van der Waals surface area contributed by atoms with Gasteiger partial charge in [0.2, 0.25) is 17.7 Å². The molecule has 0 aromatic heterocycles. The first-order valence-electron chi connectivity index (χ1n) is 9.51. The number of hydrogen-bond acceptors (Lipinski definition) is 5. The Hall–Kier alpha value is -2.94. The van der Waals surface area contributed by atoms with Gasteiger partial charge in [0.15, 0.2) is 0 Å². The number of nitrogens with one attached hydrogen (secondary N) is 2. The number of amides is 3. The second-order valence-electron chi connectivity index (χ2n) is 7.39. The molecule has 1 aromatic rings. The zero-order valence-electron chi connectivity index (χ0n) is 16.8. The highest BCUT2D eigenvalue weighted by molar-refractivity contribution is 5.92. The molecule has 7 N–H and O–H groups in total. The molecular weight excluding hydrogens is 376 g/mol. The van der Waals surface area contributed by atoms with Crippen molar-refractivity contribution in [3.63, 3.8) is 0 Å². The second kappa shape index (κ2) is 11.8. The van der Waals surface area contributed by atoms with E-state index in [0.29, 0.717) is 0 Å². The number of aliphatic carboxylic acids is 1. The fourth-order valence-corrected chi connectivity index (χ4v) is 2.73. The predicted octanol–water partition coefficient (Wildman–Crippen LogP) is -0.0778. The molecule has 9 heteroatoms.